The second-order valence-corrected chi connectivity index (χ2v) is 4.26. The summed E-state index contributed by atoms with van der Waals surface area (Å²) in [6.45, 7) is 8.56. The number of nitrogens with zero attached hydrogens (tertiary/aromatic N) is 1. The summed E-state index contributed by atoms with van der Waals surface area (Å²) in [5.74, 6) is 0.132. The van der Waals surface area contributed by atoms with Crippen LogP contribution in [0.3, 0.4) is 0 Å². The quantitative estimate of drug-likeness (QED) is 0.687. The Morgan fingerprint density at radius 2 is 2.36 bits per heavy atom. The van der Waals surface area contributed by atoms with Crippen LogP contribution in [0.5, 0.6) is 0 Å². The zero-order valence-electron chi connectivity index (χ0n) is 9.34. The molecule has 0 radical (unpaired) electrons. The fourth-order valence-electron chi connectivity index (χ4n) is 1.53. The van der Waals surface area contributed by atoms with Gasteiger partial charge in [0.25, 0.3) is 0 Å². The molecule has 0 spiro atoms. The van der Waals surface area contributed by atoms with Gasteiger partial charge in [0.1, 0.15) is 0 Å². The molecular weight excluding hydrogens is 176 g/mol. The van der Waals surface area contributed by atoms with Crippen LogP contribution < -0.4 is 5.32 Å². The van der Waals surface area contributed by atoms with E-state index >= 15 is 0 Å². The Morgan fingerprint density at radius 1 is 1.64 bits per heavy atom. The third-order valence-electron chi connectivity index (χ3n) is 2.34. The number of hydrogen-bond donors (Lipinski definition) is 1. The summed E-state index contributed by atoms with van der Waals surface area (Å²) < 4.78 is 0. The van der Waals surface area contributed by atoms with E-state index in [0.717, 1.165) is 19.5 Å². The maximum absolute atomic E-state index is 11.4. The Labute approximate surface area is 86.2 Å². The molecule has 1 amide bonds. The smallest absolute Gasteiger partial charge is 0.234 e. The Kier molecular flexibility index (Phi) is 4.14. The van der Waals surface area contributed by atoms with Gasteiger partial charge in [-0.1, -0.05) is 11.6 Å². The Balaban J connectivity index is 2.28. The van der Waals surface area contributed by atoms with E-state index in [9.17, 15) is 4.79 Å². The zero-order chi connectivity index (χ0) is 10.6. The Hall–Kier alpha value is -0.830. The molecule has 0 aliphatic carbocycles. The highest BCUT2D eigenvalue weighted by Crippen LogP contribution is 2.08. The maximum atomic E-state index is 11.4. The van der Waals surface area contributed by atoms with Crippen molar-refractivity contribution in [2.45, 2.75) is 33.2 Å². The standard InChI is InChI=1S/C11H20N2O/c1-9(2)12-11(14)8-13-6-4-10(3)5-7-13/h4,9H,5-8H2,1-3H3,(H,12,14). The van der Waals surface area contributed by atoms with E-state index in [4.69, 9.17) is 0 Å². The van der Waals surface area contributed by atoms with Gasteiger partial charge in [-0.15, -0.1) is 0 Å². The average Bonchev–Trinajstić information content (AvgIpc) is 2.07. The molecule has 14 heavy (non-hydrogen) atoms. The normalized spacial score (nSPS) is 18.1. The second kappa shape index (κ2) is 5.15. The fraction of sp³-hybridized carbons (Fsp3) is 0.727. The van der Waals surface area contributed by atoms with Crippen molar-refractivity contribution in [2.24, 2.45) is 0 Å². The van der Waals surface area contributed by atoms with Gasteiger partial charge in [0.15, 0.2) is 0 Å². The van der Waals surface area contributed by atoms with Crippen molar-refractivity contribution >= 4 is 5.91 Å². The topological polar surface area (TPSA) is 32.3 Å². The highest BCUT2D eigenvalue weighted by Gasteiger charge is 2.13. The molecule has 0 aromatic carbocycles. The van der Waals surface area contributed by atoms with Crippen LogP contribution in [0.25, 0.3) is 0 Å². The lowest BCUT2D eigenvalue weighted by Gasteiger charge is -2.24. The molecule has 1 heterocycles. The van der Waals surface area contributed by atoms with E-state index in [2.05, 4.69) is 23.2 Å². The van der Waals surface area contributed by atoms with E-state index in [-0.39, 0.29) is 11.9 Å². The average molecular weight is 196 g/mol. The third kappa shape index (κ3) is 3.92. The highest BCUT2D eigenvalue weighted by atomic mass is 16.2. The van der Waals surface area contributed by atoms with Crippen LogP contribution in [-0.4, -0.2) is 36.5 Å². The van der Waals surface area contributed by atoms with E-state index in [0.29, 0.717) is 6.54 Å². The summed E-state index contributed by atoms with van der Waals surface area (Å²) in [5, 5.41) is 2.90. The molecule has 1 rings (SSSR count). The van der Waals surface area contributed by atoms with E-state index in [1.54, 1.807) is 0 Å². The zero-order valence-corrected chi connectivity index (χ0v) is 9.34. The van der Waals surface area contributed by atoms with E-state index < -0.39 is 0 Å². The summed E-state index contributed by atoms with van der Waals surface area (Å²) in [6.07, 6.45) is 3.29. The molecule has 0 aromatic heterocycles. The summed E-state index contributed by atoms with van der Waals surface area (Å²) in [5.41, 5.74) is 1.44. The van der Waals surface area contributed by atoms with Crippen molar-refractivity contribution in [3.05, 3.63) is 11.6 Å². The maximum Gasteiger partial charge on any atom is 0.234 e. The van der Waals surface area contributed by atoms with Gasteiger partial charge in [-0.3, -0.25) is 9.69 Å². The monoisotopic (exact) mass is 196 g/mol. The first-order valence-corrected chi connectivity index (χ1v) is 5.25. The van der Waals surface area contributed by atoms with Crippen molar-refractivity contribution in [3.63, 3.8) is 0 Å². The van der Waals surface area contributed by atoms with Gasteiger partial charge in [0.2, 0.25) is 5.91 Å². The number of carbonyl (C=O) groups is 1. The molecule has 0 aromatic rings. The fourth-order valence-corrected chi connectivity index (χ4v) is 1.53. The summed E-state index contributed by atoms with van der Waals surface area (Å²) >= 11 is 0. The molecular formula is C11H20N2O. The summed E-state index contributed by atoms with van der Waals surface area (Å²) in [7, 11) is 0. The molecule has 3 heteroatoms. The van der Waals surface area contributed by atoms with Gasteiger partial charge < -0.3 is 5.32 Å². The van der Waals surface area contributed by atoms with Crippen LogP contribution in [0.15, 0.2) is 11.6 Å². The number of nitrogens with one attached hydrogen (secondary N) is 1. The van der Waals surface area contributed by atoms with Crippen molar-refractivity contribution in [3.8, 4) is 0 Å². The first-order chi connectivity index (χ1) is 6.58. The van der Waals surface area contributed by atoms with Gasteiger partial charge in [0, 0.05) is 19.1 Å². The summed E-state index contributed by atoms with van der Waals surface area (Å²) in [6, 6.07) is 0.240. The van der Waals surface area contributed by atoms with Crippen molar-refractivity contribution < 1.29 is 4.79 Å². The van der Waals surface area contributed by atoms with Crippen LogP contribution in [0.1, 0.15) is 27.2 Å². The molecule has 0 fully saturated rings. The van der Waals surface area contributed by atoms with Gasteiger partial charge in [-0.05, 0) is 27.2 Å². The van der Waals surface area contributed by atoms with Crippen LogP contribution in [0.2, 0.25) is 0 Å². The van der Waals surface area contributed by atoms with E-state index in [1.807, 2.05) is 13.8 Å². The lowest BCUT2D eigenvalue weighted by atomic mass is 10.1. The van der Waals surface area contributed by atoms with Gasteiger partial charge >= 0.3 is 0 Å². The van der Waals surface area contributed by atoms with Gasteiger partial charge in [0.05, 0.1) is 6.54 Å². The Morgan fingerprint density at radius 3 is 2.86 bits per heavy atom. The van der Waals surface area contributed by atoms with Crippen LogP contribution in [0.4, 0.5) is 0 Å². The largest absolute Gasteiger partial charge is 0.353 e. The summed E-state index contributed by atoms with van der Waals surface area (Å²) in [4.78, 5) is 13.6. The molecule has 0 saturated carbocycles. The molecule has 0 saturated heterocycles. The van der Waals surface area contributed by atoms with Crippen LogP contribution in [-0.2, 0) is 4.79 Å². The van der Waals surface area contributed by atoms with E-state index in [1.165, 1.54) is 5.57 Å². The Bertz CT molecular complexity index is 233. The van der Waals surface area contributed by atoms with Crippen molar-refractivity contribution in [1.29, 1.82) is 0 Å². The molecule has 3 nitrogen and oxygen atoms in total. The van der Waals surface area contributed by atoms with Crippen LogP contribution >= 0.6 is 0 Å². The highest BCUT2D eigenvalue weighted by molar-refractivity contribution is 5.78. The minimum atomic E-state index is 0.132. The van der Waals surface area contributed by atoms with Crippen LogP contribution in [0, 0.1) is 0 Å². The number of carbonyl (C=O) groups excluding carboxylic acids is 1. The molecule has 1 aliphatic heterocycles. The predicted octanol–water partition coefficient (Wildman–Crippen LogP) is 1.16. The molecule has 0 bridgehead atoms. The molecule has 1 aliphatic rings. The lowest BCUT2D eigenvalue weighted by Crippen LogP contribution is -2.41. The predicted molar refractivity (Wildman–Crippen MR) is 58.1 cm³/mol. The third-order valence-corrected chi connectivity index (χ3v) is 2.34. The van der Waals surface area contributed by atoms with Crippen molar-refractivity contribution in [1.82, 2.24) is 10.2 Å². The molecule has 0 unspecified atom stereocenters. The minimum Gasteiger partial charge on any atom is -0.353 e. The molecule has 0 atom stereocenters. The SMILES string of the molecule is CC1=CCN(CC(=O)NC(C)C)CC1. The first-order valence-electron chi connectivity index (χ1n) is 5.25. The number of hydrogen-bond acceptors (Lipinski definition) is 2. The van der Waals surface area contributed by atoms with Crippen molar-refractivity contribution in [2.75, 3.05) is 19.6 Å². The minimum absolute atomic E-state index is 0.132. The van der Waals surface area contributed by atoms with Gasteiger partial charge in [-0.2, -0.15) is 0 Å². The molecule has 1 N–H and O–H groups in total. The lowest BCUT2D eigenvalue weighted by molar-refractivity contribution is -0.122. The van der Waals surface area contributed by atoms with Gasteiger partial charge in [-0.25, -0.2) is 0 Å². The number of amides is 1. The number of rotatable bonds is 3. The molecule has 80 valence electrons. The first kappa shape index (κ1) is 11.2. The second-order valence-electron chi connectivity index (χ2n) is 4.26.